The molecule has 1 heterocycles. The molecular weight excluding hydrogens is 306 g/mol. The zero-order valence-electron chi connectivity index (χ0n) is 11.9. The van der Waals surface area contributed by atoms with E-state index in [9.17, 15) is 8.42 Å². The summed E-state index contributed by atoms with van der Waals surface area (Å²) in [5.41, 5.74) is 8.16. The number of thiazole rings is 1. The summed E-state index contributed by atoms with van der Waals surface area (Å²) >= 11 is 1.57. The van der Waals surface area contributed by atoms with E-state index in [0.717, 1.165) is 21.8 Å². The zero-order chi connectivity index (χ0) is 15.3. The van der Waals surface area contributed by atoms with Crippen molar-refractivity contribution in [3.8, 4) is 0 Å². The number of aromatic nitrogens is 1. The van der Waals surface area contributed by atoms with Gasteiger partial charge < -0.3 is 5.73 Å². The molecule has 0 saturated carbocycles. The fraction of sp³-hybridized carbons (Fsp3) is 0.357. The third-order valence-electron chi connectivity index (χ3n) is 2.95. The molecule has 2 rings (SSSR count). The minimum atomic E-state index is -3.34. The molecular formula is C14H19N3O2S2. The molecule has 2 aromatic rings. The van der Waals surface area contributed by atoms with Crippen LogP contribution in [0.15, 0.2) is 29.6 Å². The first kappa shape index (κ1) is 16.1. The summed E-state index contributed by atoms with van der Waals surface area (Å²) in [6, 6.07) is 7.32. The molecule has 0 aliphatic carbocycles. The van der Waals surface area contributed by atoms with Crippen LogP contribution in [0.1, 0.15) is 21.8 Å². The van der Waals surface area contributed by atoms with E-state index in [2.05, 4.69) is 9.71 Å². The second kappa shape index (κ2) is 7.13. The summed E-state index contributed by atoms with van der Waals surface area (Å²) in [5.74, 6) is -0.0308. The van der Waals surface area contributed by atoms with E-state index >= 15 is 0 Å². The SMILES string of the molecule is Cc1nc(CCNS(=O)(=O)Cc2cccc(CN)c2)cs1. The van der Waals surface area contributed by atoms with Crippen molar-refractivity contribution in [2.45, 2.75) is 25.6 Å². The third kappa shape index (κ3) is 5.20. The van der Waals surface area contributed by atoms with E-state index in [1.165, 1.54) is 0 Å². The first-order valence-electron chi connectivity index (χ1n) is 6.65. The predicted octanol–water partition coefficient (Wildman–Crippen LogP) is 1.57. The molecule has 3 N–H and O–H groups in total. The van der Waals surface area contributed by atoms with Gasteiger partial charge in [-0.05, 0) is 18.1 Å². The first-order chi connectivity index (χ1) is 9.98. The maximum absolute atomic E-state index is 12.0. The Bertz CT molecular complexity index is 696. The van der Waals surface area contributed by atoms with Crippen LogP contribution in [0, 0.1) is 6.92 Å². The lowest BCUT2D eigenvalue weighted by atomic mass is 10.1. The van der Waals surface area contributed by atoms with Crippen molar-refractivity contribution in [2.75, 3.05) is 6.54 Å². The average molecular weight is 325 g/mol. The van der Waals surface area contributed by atoms with Crippen molar-refractivity contribution in [1.82, 2.24) is 9.71 Å². The van der Waals surface area contributed by atoms with Crippen LogP contribution in [0.2, 0.25) is 0 Å². The Morgan fingerprint density at radius 3 is 2.76 bits per heavy atom. The van der Waals surface area contributed by atoms with E-state index in [-0.39, 0.29) is 5.75 Å². The van der Waals surface area contributed by atoms with Gasteiger partial charge in [0.1, 0.15) is 0 Å². The van der Waals surface area contributed by atoms with Gasteiger partial charge in [0, 0.05) is 24.9 Å². The Labute approximate surface area is 129 Å². The van der Waals surface area contributed by atoms with Gasteiger partial charge in [0.25, 0.3) is 0 Å². The van der Waals surface area contributed by atoms with Crippen molar-refractivity contribution in [2.24, 2.45) is 5.73 Å². The number of aryl methyl sites for hydroxylation is 1. The van der Waals surface area contributed by atoms with Crippen LogP contribution in [-0.2, 0) is 28.7 Å². The van der Waals surface area contributed by atoms with Crippen LogP contribution >= 0.6 is 11.3 Å². The summed E-state index contributed by atoms with van der Waals surface area (Å²) in [4.78, 5) is 4.31. The number of hydrogen-bond donors (Lipinski definition) is 2. The minimum Gasteiger partial charge on any atom is -0.326 e. The standard InChI is InChI=1S/C14H19N3O2S2/c1-11-17-14(9-20-11)5-6-16-21(18,19)10-13-4-2-3-12(7-13)8-15/h2-4,7,9,16H,5-6,8,10,15H2,1H3. The van der Waals surface area contributed by atoms with Gasteiger partial charge in [0.05, 0.1) is 16.5 Å². The van der Waals surface area contributed by atoms with Gasteiger partial charge in [0.15, 0.2) is 0 Å². The number of nitrogens with two attached hydrogens (primary N) is 1. The second-order valence-electron chi connectivity index (χ2n) is 4.79. The molecule has 0 amide bonds. The maximum Gasteiger partial charge on any atom is 0.215 e. The molecule has 1 aromatic heterocycles. The molecule has 0 aliphatic rings. The number of nitrogens with one attached hydrogen (secondary N) is 1. The van der Waals surface area contributed by atoms with Gasteiger partial charge in [-0.3, -0.25) is 0 Å². The molecule has 0 radical (unpaired) electrons. The highest BCUT2D eigenvalue weighted by Gasteiger charge is 2.11. The van der Waals surface area contributed by atoms with E-state index in [1.54, 1.807) is 17.4 Å². The monoisotopic (exact) mass is 325 g/mol. The van der Waals surface area contributed by atoms with E-state index < -0.39 is 10.0 Å². The number of rotatable bonds is 7. The molecule has 0 atom stereocenters. The molecule has 0 spiro atoms. The summed E-state index contributed by atoms with van der Waals surface area (Å²) in [6.45, 7) is 2.70. The smallest absolute Gasteiger partial charge is 0.215 e. The van der Waals surface area contributed by atoms with Gasteiger partial charge in [-0.15, -0.1) is 11.3 Å². The van der Waals surface area contributed by atoms with Gasteiger partial charge in [0.2, 0.25) is 10.0 Å². The Hall–Kier alpha value is -1.28. The molecule has 1 aromatic carbocycles. The minimum absolute atomic E-state index is 0.0308. The van der Waals surface area contributed by atoms with E-state index in [4.69, 9.17) is 5.73 Å². The summed E-state index contributed by atoms with van der Waals surface area (Å²) in [5, 5.41) is 2.94. The van der Waals surface area contributed by atoms with E-state index in [0.29, 0.717) is 19.5 Å². The second-order valence-corrected chi connectivity index (χ2v) is 7.65. The lowest BCUT2D eigenvalue weighted by Crippen LogP contribution is -2.27. The molecule has 0 unspecified atom stereocenters. The average Bonchev–Trinajstić information content (AvgIpc) is 2.84. The molecule has 114 valence electrons. The lowest BCUT2D eigenvalue weighted by Gasteiger charge is -2.07. The van der Waals surface area contributed by atoms with Crippen molar-refractivity contribution in [1.29, 1.82) is 0 Å². The van der Waals surface area contributed by atoms with Crippen LogP contribution in [0.25, 0.3) is 0 Å². The molecule has 0 bridgehead atoms. The number of benzene rings is 1. The van der Waals surface area contributed by atoms with Crippen molar-refractivity contribution >= 4 is 21.4 Å². The summed E-state index contributed by atoms with van der Waals surface area (Å²) < 4.78 is 26.7. The van der Waals surface area contributed by atoms with Crippen LogP contribution < -0.4 is 10.5 Å². The topological polar surface area (TPSA) is 85.1 Å². The van der Waals surface area contributed by atoms with Gasteiger partial charge in [-0.1, -0.05) is 24.3 Å². The normalized spacial score (nSPS) is 11.7. The predicted molar refractivity (Wildman–Crippen MR) is 85.5 cm³/mol. The van der Waals surface area contributed by atoms with Gasteiger partial charge in [-0.2, -0.15) is 0 Å². The lowest BCUT2D eigenvalue weighted by molar-refractivity contribution is 0.580. The molecule has 0 aliphatic heterocycles. The quantitative estimate of drug-likeness (QED) is 0.809. The first-order valence-corrected chi connectivity index (χ1v) is 9.18. The van der Waals surface area contributed by atoms with Crippen molar-refractivity contribution in [3.05, 3.63) is 51.5 Å². The Balaban J connectivity index is 1.89. The highest BCUT2D eigenvalue weighted by atomic mass is 32.2. The summed E-state index contributed by atoms with van der Waals surface area (Å²) in [7, 11) is -3.34. The maximum atomic E-state index is 12.0. The zero-order valence-corrected chi connectivity index (χ0v) is 13.5. The molecule has 7 heteroatoms. The van der Waals surface area contributed by atoms with Crippen LogP contribution in [0.5, 0.6) is 0 Å². The molecule has 21 heavy (non-hydrogen) atoms. The number of hydrogen-bond acceptors (Lipinski definition) is 5. The highest BCUT2D eigenvalue weighted by Crippen LogP contribution is 2.10. The van der Waals surface area contributed by atoms with Crippen molar-refractivity contribution in [3.63, 3.8) is 0 Å². The fourth-order valence-electron chi connectivity index (χ4n) is 1.97. The van der Waals surface area contributed by atoms with Crippen LogP contribution in [0.3, 0.4) is 0 Å². The third-order valence-corrected chi connectivity index (χ3v) is 5.13. The largest absolute Gasteiger partial charge is 0.326 e. The van der Waals surface area contributed by atoms with Crippen LogP contribution in [0.4, 0.5) is 0 Å². The van der Waals surface area contributed by atoms with Gasteiger partial charge >= 0.3 is 0 Å². The van der Waals surface area contributed by atoms with E-state index in [1.807, 2.05) is 30.5 Å². The number of sulfonamides is 1. The Kier molecular flexibility index (Phi) is 5.46. The molecule has 0 fully saturated rings. The van der Waals surface area contributed by atoms with Gasteiger partial charge in [-0.25, -0.2) is 18.1 Å². The molecule has 5 nitrogen and oxygen atoms in total. The number of nitrogens with zero attached hydrogens (tertiary/aromatic N) is 1. The summed E-state index contributed by atoms with van der Waals surface area (Å²) in [6.07, 6.45) is 0.604. The highest BCUT2D eigenvalue weighted by molar-refractivity contribution is 7.88. The van der Waals surface area contributed by atoms with Crippen molar-refractivity contribution < 1.29 is 8.42 Å². The Morgan fingerprint density at radius 2 is 2.10 bits per heavy atom. The fourth-order valence-corrected chi connectivity index (χ4v) is 3.76. The van der Waals surface area contributed by atoms with Crippen LogP contribution in [-0.4, -0.2) is 19.9 Å². The Morgan fingerprint density at radius 1 is 1.33 bits per heavy atom. The molecule has 0 saturated heterocycles.